The van der Waals surface area contributed by atoms with E-state index in [9.17, 15) is 9.90 Å². The van der Waals surface area contributed by atoms with Crippen LogP contribution in [-0.2, 0) is 29.3 Å². The van der Waals surface area contributed by atoms with E-state index in [1.165, 1.54) is 11.7 Å². The van der Waals surface area contributed by atoms with Crippen molar-refractivity contribution in [2.45, 2.75) is 28.0 Å². The normalized spacial score (nSPS) is 25.7. The number of benzene rings is 2. The molecule has 3 atom stereocenters. The first-order valence-corrected chi connectivity index (χ1v) is 12.9. The maximum atomic E-state index is 13.6. The predicted molar refractivity (Wildman–Crippen MR) is 120 cm³/mol. The Kier molecular flexibility index (Phi) is 4.78. The summed E-state index contributed by atoms with van der Waals surface area (Å²) in [6, 6.07) is 10.8. The van der Waals surface area contributed by atoms with Gasteiger partial charge in [-0.1, -0.05) is 0 Å². The van der Waals surface area contributed by atoms with E-state index in [-0.39, 0.29) is 18.9 Å². The molecule has 0 saturated carbocycles. The Morgan fingerprint density at radius 2 is 1.85 bits per heavy atom. The van der Waals surface area contributed by atoms with Crippen molar-refractivity contribution in [1.82, 2.24) is 9.55 Å². The van der Waals surface area contributed by atoms with Crippen LogP contribution in [0.15, 0.2) is 41.2 Å². The molecule has 3 unspecified atom stereocenters. The second-order valence-electron chi connectivity index (χ2n) is 8.41. The van der Waals surface area contributed by atoms with Crippen LogP contribution in [0, 0.1) is 0 Å². The molecule has 3 heterocycles. The fraction of sp³-hybridized carbons (Fsp3) is 0.333. The molecule has 9 nitrogen and oxygen atoms in total. The molecule has 6 rings (SSSR count). The molecule has 3 radical (unpaired) electrons. The average molecular weight is 657 g/mol. The molecule has 0 fully saturated rings. The third-order valence-corrected chi connectivity index (χ3v) is 9.66. The molecule has 2 aliphatic heterocycles. The van der Waals surface area contributed by atoms with Crippen molar-refractivity contribution in [3.05, 3.63) is 75.0 Å². The number of methoxy groups -OCH3 is 3. The van der Waals surface area contributed by atoms with Crippen LogP contribution >= 0.6 is 0 Å². The predicted octanol–water partition coefficient (Wildman–Crippen LogP) is 1.50. The molecule has 1 aliphatic carbocycles. The number of fused-ring (bicyclic) bond motifs is 6. The van der Waals surface area contributed by atoms with E-state index >= 15 is 0 Å². The summed E-state index contributed by atoms with van der Waals surface area (Å²) in [5, 5.41) is 12.8. The summed E-state index contributed by atoms with van der Waals surface area (Å²) >= 11 is 0.508. The van der Waals surface area contributed by atoms with Crippen LogP contribution in [0.1, 0.15) is 31.7 Å². The van der Waals surface area contributed by atoms with Gasteiger partial charge in [-0.15, -0.1) is 0 Å². The summed E-state index contributed by atoms with van der Waals surface area (Å²) in [5.74, 6) is 2.52. The van der Waals surface area contributed by atoms with Crippen LogP contribution in [0.2, 0.25) is 0 Å². The van der Waals surface area contributed by atoms with Crippen LogP contribution < -0.4 is 24.5 Å². The zero-order chi connectivity index (χ0) is 23.8. The Labute approximate surface area is 210 Å². The molecular weight excluding hydrogens is 635 g/mol. The summed E-state index contributed by atoms with van der Waals surface area (Å²) in [6.07, 6.45) is 0. The Balaban J connectivity index is 1.72. The third kappa shape index (κ3) is 2.49. The molecule has 0 spiro atoms. The van der Waals surface area contributed by atoms with Crippen molar-refractivity contribution in [1.29, 1.82) is 0 Å². The number of hydrogen-bond donors (Lipinski definition) is 1. The van der Waals surface area contributed by atoms with Gasteiger partial charge in [0, 0.05) is 0 Å². The van der Waals surface area contributed by atoms with E-state index in [4.69, 9.17) is 28.7 Å². The van der Waals surface area contributed by atoms with Crippen LogP contribution in [0.5, 0.6) is 23.0 Å². The van der Waals surface area contributed by atoms with Gasteiger partial charge < -0.3 is 0 Å². The molecule has 0 bridgehead atoms. The number of rotatable bonds is 4. The molecule has 10 heteroatoms. The summed E-state index contributed by atoms with van der Waals surface area (Å²) in [4.78, 5) is 18.4. The minimum atomic E-state index is -1.77. The minimum absolute atomic E-state index is 0.147. The van der Waals surface area contributed by atoms with E-state index in [1.54, 1.807) is 26.4 Å². The number of hydrogen-bond acceptors (Lipinski definition) is 8. The summed E-state index contributed by atoms with van der Waals surface area (Å²) in [5.41, 5.74) is -1.37. The summed E-state index contributed by atoms with van der Waals surface area (Å²) < 4.78 is 29.8. The second-order valence-corrected chi connectivity index (χ2v) is 10.7. The van der Waals surface area contributed by atoms with Gasteiger partial charge in [-0.2, -0.15) is 0 Å². The molecule has 0 amide bonds. The Morgan fingerprint density at radius 3 is 2.53 bits per heavy atom. The summed E-state index contributed by atoms with van der Waals surface area (Å²) in [7, 11) is 4.68. The quantitative estimate of drug-likeness (QED) is 0.422. The van der Waals surface area contributed by atoms with Crippen molar-refractivity contribution in [2.24, 2.45) is 0 Å². The molecule has 34 heavy (non-hydrogen) atoms. The standard InChI is InChI=1S/C24H21N2O7.Pb/c1-29-14-6-4-13(5-7-14)23-10-16-21(25-19-11-32-12-26(19)22(16)27)24(23,28)20-17(31-3)8-15(30-2)9-18(20)33-23;/h4-10,28H,11-12H2,1-3H3;. The Morgan fingerprint density at radius 1 is 1.12 bits per heavy atom. The van der Waals surface area contributed by atoms with Crippen molar-refractivity contribution in [3.8, 4) is 23.0 Å². The van der Waals surface area contributed by atoms with E-state index in [2.05, 4.69) is 0 Å². The summed E-state index contributed by atoms with van der Waals surface area (Å²) in [6.45, 7) is 0.349. The van der Waals surface area contributed by atoms with Crippen LogP contribution in [-0.4, -0.2) is 61.8 Å². The molecular formula is C24H21N2O7Pb. The van der Waals surface area contributed by atoms with Gasteiger partial charge in [0.2, 0.25) is 0 Å². The van der Waals surface area contributed by atoms with Gasteiger partial charge in [0.05, 0.1) is 0 Å². The maximum absolute atomic E-state index is 13.6. The first-order valence-electron chi connectivity index (χ1n) is 10.7. The number of ether oxygens (including phenoxy) is 5. The molecule has 2 aromatic carbocycles. The van der Waals surface area contributed by atoms with E-state index in [0.29, 0.717) is 77.0 Å². The molecule has 1 aromatic heterocycles. The molecule has 3 aliphatic rings. The van der Waals surface area contributed by atoms with Gasteiger partial charge in [-0.05, 0) is 0 Å². The Bertz CT molecular complexity index is 1390. The van der Waals surface area contributed by atoms with Crippen molar-refractivity contribution >= 4 is 25.8 Å². The second kappa shape index (κ2) is 7.43. The Hall–Kier alpha value is -2.64. The van der Waals surface area contributed by atoms with E-state index < -0.39 is 14.7 Å². The first-order chi connectivity index (χ1) is 16.4. The van der Waals surface area contributed by atoms with Gasteiger partial charge in [0.25, 0.3) is 0 Å². The van der Waals surface area contributed by atoms with Gasteiger partial charge >= 0.3 is 211 Å². The number of aromatic nitrogens is 2. The number of aliphatic hydroxyl groups is 1. The fourth-order valence-corrected chi connectivity index (χ4v) is 8.07. The zero-order valence-corrected chi connectivity index (χ0v) is 22.6. The topological polar surface area (TPSA) is 101 Å². The van der Waals surface area contributed by atoms with Crippen LogP contribution in [0.4, 0.5) is 0 Å². The van der Waals surface area contributed by atoms with Gasteiger partial charge in [0.1, 0.15) is 0 Å². The molecule has 173 valence electrons. The zero-order valence-electron chi connectivity index (χ0n) is 18.7. The van der Waals surface area contributed by atoms with Crippen molar-refractivity contribution in [3.63, 3.8) is 0 Å². The van der Waals surface area contributed by atoms with Gasteiger partial charge in [0.15, 0.2) is 0 Å². The molecule has 1 N–H and O–H groups in total. The van der Waals surface area contributed by atoms with Gasteiger partial charge in [-0.3, -0.25) is 0 Å². The van der Waals surface area contributed by atoms with Gasteiger partial charge in [-0.25, -0.2) is 0 Å². The van der Waals surface area contributed by atoms with Crippen LogP contribution in [0.3, 0.4) is 0 Å². The average Bonchev–Trinajstić information content (AvgIpc) is 3.49. The van der Waals surface area contributed by atoms with E-state index in [1.807, 2.05) is 24.3 Å². The molecule has 0 saturated heterocycles. The molecule has 3 aromatic rings. The fourth-order valence-electron chi connectivity index (χ4n) is 5.37. The van der Waals surface area contributed by atoms with Crippen molar-refractivity contribution < 1.29 is 28.8 Å². The first kappa shape index (κ1) is 21.9. The van der Waals surface area contributed by atoms with Crippen LogP contribution in [0.25, 0.3) is 0 Å². The van der Waals surface area contributed by atoms with E-state index in [0.717, 1.165) is 0 Å². The van der Waals surface area contributed by atoms with Crippen molar-refractivity contribution in [2.75, 3.05) is 21.3 Å². The monoisotopic (exact) mass is 657 g/mol. The number of nitrogens with zero attached hydrogens (tertiary/aromatic N) is 2. The third-order valence-electron chi connectivity index (χ3n) is 6.96. The SMILES string of the molecule is COc1ccc(C23Oc4cc(OC)cc(OC)c4C2(O)c2nc4n(c(=O)c2[CH]3[Pb])COC4)cc1.